The predicted octanol–water partition coefficient (Wildman–Crippen LogP) is 3.97. The van der Waals surface area contributed by atoms with Crippen molar-refractivity contribution in [2.24, 2.45) is 5.92 Å². The first kappa shape index (κ1) is 17.1. The molecule has 26 heavy (non-hydrogen) atoms. The smallest absolute Gasteiger partial charge is 0.414 e. The normalized spacial score (nSPS) is 24.2. The first-order valence-electron chi connectivity index (χ1n) is 9.58. The van der Waals surface area contributed by atoms with Crippen LogP contribution in [0.4, 0.5) is 10.5 Å². The summed E-state index contributed by atoms with van der Waals surface area (Å²) in [5.74, 6) is 0.571. The Kier molecular flexibility index (Phi) is 5.21. The Labute approximate surface area is 155 Å². The van der Waals surface area contributed by atoms with Gasteiger partial charge in [0.15, 0.2) is 0 Å². The third-order valence-corrected chi connectivity index (χ3v) is 5.64. The number of fused-ring (bicyclic) bond motifs is 3. The minimum Gasteiger partial charge on any atom is -0.449 e. The van der Waals surface area contributed by atoms with Crippen LogP contribution >= 0.6 is 0 Å². The summed E-state index contributed by atoms with van der Waals surface area (Å²) in [6.45, 7) is 3.68. The second-order valence-corrected chi connectivity index (χ2v) is 7.26. The number of hydrogen-bond acceptors (Lipinski definition) is 3. The molecule has 2 aromatic carbocycles. The van der Waals surface area contributed by atoms with E-state index in [1.165, 1.54) is 18.4 Å². The summed E-state index contributed by atoms with van der Waals surface area (Å²) in [4.78, 5) is 17.4. The summed E-state index contributed by atoms with van der Waals surface area (Å²) in [5, 5.41) is 0. The van der Waals surface area contributed by atoms with Crippen molar-refractivity contribution in [3.8, 4) is 0 Å². The average molecular weight is 350 g/mol. The molecule has 4 nitrogen and oxygen atoms in total. The highest BCUT2D eigenvalue weighted by atomic mass is 16.6. The molecule has 3 saturated heterocycles. The van der Waals surface area contributed by atoms with Gasteiger partial charge in [-0.3, -0.25) is 4.90 Å². The maximum Gasteiger partial charge on any atom is 0.414 e. The van der Waals surface area contributed by atoms with Crippen LogP contribution in [0.25, 0.3) is 0 Å². The molecule has 0 aliphatic carbocycles. The van der Waals surface area contributed by atoms with Crippen LogP contribution in [0, 0.1) is 5.92 Å². The summed E-state index contributed by atoms with van der Waals surface area (Å²) < 4.78 is 5.69. The molecule has 0 aromatic heterocycles. The van der Waals surface area contributed by atoms with Gasteiger partial charge in [-0.2, -0.15) is 0 Å². The molecule has 3 fully saturated rings. The Morgan fingerprint density at radius 2 is 1.65 bits per heavy atom. The van der Waals surface area contributed by atoms with Gasteiger partial charge in [0.05, 0.1) is 12.6 Å². The van der Waals surface area contributed by atoms with Crippen molar-refractivity contribution < 1.29 is 9.53 Å². The molecule has 3 aliphatic rings. The number of para-hydroxylation sites is 1. The molecule has 1 atom stereocenters. The van der Waals surface area contributed by atoms with Crippen LogP contribution in [0.5, 0.6) is 0 Å². The number of anilines is 1. The molecule has 0 radical (unpaired) electrons. The van der Waals surface area contributed by atoms with E-state index in [1.807, 2.05) is 53.4 Å². The topological polar surface area (TPSA) is 32.8 Å². The number of benzene rings is 2. The zero-order chi connectivity index (χ0) is 17.8. The third-order valence-electron chi connectivity index (χ3n) is 5.64. The first-order valence-corrected chi connectivity index (χ1v) is 9.58. The number of rotatable bonds is 5. The summed E-state index contributed by atoms with van der Waals surface area (Å²) in [5.41, 5.74) is 2.13. The van der Waals surface area contributed by atoms with Crippen LogP contribution in [0.15, 0.2) is 60.7 Å². The van der Waals surface area contributed by atoms with E-state index in [-0.39, 0.29) is 12.1 Å². The Hall–Kier alpha value is -2.33. The second kappa shape index (κ2) is 7.92. The highest BCUT2D eigenvalue weighted by molar-refractivity contribution is 5.88. The molecule has 3 heterocycles. The van der Waals surface area contributed by atoms with Crippen molar-refractivity contribution in [1.29, 1.82) is 0 Å². The van der Waals surface area contributed by atoms with Gasteiger partial charge in [-0.1, -0.05) is 48.5 Å². The lowest BCUT2D eigenvalue weighted by atomic mass is 9.83. The second-order valence-electron chi connectivity index (χ2n) is 7.26. The largest absolute Gasteiger partial charge is 0.449 e. The Morgan fingerprint density at radius 3 is 2.27 bits per heavy atom. The zero-order valence-corrected chi connectivity index (χ0v) is 15.1. The number of hydrogen-bond donors (Lipinski definition) is 0. The molecule has 2 aromatic rings. The monoisotopic (exact) mass is 350 g/mol. The van der Waals surface area contributed by atoms with E-state index in [9.17, 15) is 4.79 Å². The average Bonchev–Trinajstić information content (AvgIpc) is 2.71. The summed E-state index contributed by atoms with van der Waals surface area (Å²) in [6.07, 6.45) is 2.87. The van der Waals surface area contributed by atoms with Crippen molar-refractivity contribution in [3.05, 3.63) is 66.2 Å². The van der Waals surface area contributed by atoms with Gasteiger partial charge in [0.2, 0.25) is 0 Å². The fourth-order valence-corrected chi connectivity index (χ4v) is 4.22. The molecule has 0 spiro atoms. The van der Waals surface area contributed by atoms with Crippen LogP contribution in [-0.2, 0) is 11.2 Å². The highest BCUT2D eigenvalue weighted by Crippen LogP contribution is 2.33. The molecule has 4 heteroatoms. The standard InChI is InChI=1S/C22H26N2O2/c25-22(26-16-13-18-7-3-1-4-8-18)24(20-9-5-2-6-10-20)21-17-23-14-11-19(21)12-15-23/h1-10,19,21H,11-17H2. The van der Waals surface area contributed by atoms with Crippen LogP contribution in [-0.4, -0.2) is 43.3 Å². The molecule has 0 N–H and O–H groups in total. The number of ether oxygens (including phenoxy) is 1. The summed E-state index contributed by atoms with van der Waals surface area (Å²) in [6, 6.07) is 20.4. The van der Waals surface area contributed by atoms with E-state index in [2.05, 4.69) is 17.0 Å². The van der Waals surface area contributed by atoms with Crippen LogP contribution < -0.4 is 4.90 Å². The molecular weight excluding hydrogens is 324 g/mol. The van der Waals surface area contributed by atoms with Crippen molar-refractivity contribution in [3.63, 3.8) is 0 Å². The van der Waals surface area contributed by atoms with E-state index in [1.54, 1.807) is 0 Å². The number of carbonyl (C=O) groups is 1. The molecule has 3 aliphatic heterocycles. The Morgan fingerprint density at radius 1 is 1.00 bits per heavy atom. The number of amides is 1. The van der Waals surface area contributed by atoms with Gasteiger partial charge in [0.25, 0.3) is 0 Å². The van der Waals surface area contributed by atoms with E-state index in [4.69, 9.17) is 4.74 Å². The van der Waals surface area contributed by atoms with E-state index < -0.39 is 0 Å². The quantitative estimate of drug-likeness (QED) is 0.818. The van der Waals surface area contributed by atoms with Crippen LogP contribution in [0.1, 0.15) is 18.4 Å². The molecule has 1 amide bonds. The lowest BCUT2D eigenvalue weighted by molar-refractivity contribution is 0.0791. The van der Waals surface area contributed by atoms with E-state index >= 15 is 0 Å². The lowest BCUT2D eigenvalue weighted by Gasteiger charge is -2.48. The molecule has 1 unspecified atom stereocenters. The van der Waals surface area contributed by atoms with Gasteiger partial charge in [0, 0.05) is 18.7 Å². The van der Waals surface area contributed by atoms with Crippen LogP contribution in [0.2, 0.25) is 0 Å². The van der Waals surface area contributed by atoms with Crippen molar-refractivity contribution >= 4 is 11.8 Å². The number of carbonyl (C=O) groups excluding carboxylic acids is 1. The first-order chi connectivity index (χ1) is 12.8. The van der Waals surface area contributed by atoms with Gasteiger partial charge >= 0.3 is 6.09 Å². The molecular formula is C22H26N2O2. The minimum atomic E-state index is -0.217. The fraction of sp³-hybridized carbons (Fsp3) is 0.409. The molecule has 0 saturated carbocycles. The maximum absolute atomic E-state index is 13.0. The van der Waals surface area contributed by atoms with Gasteiger partial charge in [-0.25, -0.2) is 4.79 Å². The zero-order valence-electron chi connectivity index (χ0n) is 15.1. The van der Waals surface area contributed by atoms with Crippen LogP contribution in [0.3, 0.4) is 0 Å². The van der Waals surface area contributed by atoms with Crippen molar-refractivity contribution in [1.82, 2.24) is 4.90 Å². The van der Waals surface area contributed by atoms with Crippen molar-refractivity contribution in [2.45, 2.75) is 25.3 Å². The van der Waals surface area contributed by atoms with Gasteiger partial charge in [-0.15, -0.1) is 0 Å². The molecule has 5 rings (SSSR count). The highest BCUT2D eigenvalue weighted by Gasteiger charge is 2.40. The fourth-order valence-electron chi connectivity index (χ4n) is 4.22. The van der Waals surface area contributed by atoms with Crippen molar-refractivity contribution in [2.75, 3.05) is 31.1 Å². The van der Waals surface area contributed by atoms with Gasteiger partial charge in [-0.05, 0) is 49.5 Å². The Bertz CT molecular complexity index is 711. The van der Waals surface area contributed by atoms with Gasteiger partial charge in [0.1, 0.15) is 0 Å². The minimum absolute atomic E-state index is 0.212. The van der Waals surface area contributed by atoms with E-state index in [0.29, 0.717) is 12.5 Å². The predicted molar refractivity (Wildman–Crippen MR) is 103 cm³/mol. The van der Waals surface area contributed by atoms with Gasteiger partial charge < -0.3 is 9.64 Å². The summed E-state index contributed by atoms with van der Waals surface area (Å²) >= 11 is 0. The SMILES string of the molecule is O=C(OCCc1ccccc1)N(c1ccccc1)C1CN2CCC1CC2. The summed E-state index contributed by atoms with van der Waals surface area (Å²) in [7, 11) is 0. The third kappa shape index (κ3) is 3.75. The number of piperidine rings is 3. The Balaban J connectivity index is 1.47. The van der Waals surface area contributed by atoms with E-state index in [0.717, 1.165) is 31.7 Å². The number of nitrogens with zero attached hydrogens (tertiary/aromatic N) is 2. The molecule has 2 bridgehead atoms. The lowest BCUT2D eigenvalue weighted by Crippen LogP contribution is -2.59. The maximum atomic E-state index is 13.0. The molecule has 136 valence electrons.